The lowest BCUT2D eigenvalue weighted by molar-refractivity contribution is 0.0743. The minimum absolute atomic E-state index is 0.453. The highest BCUT2D eigenvalue weighted by atomic mass is 28.1. The zero-order chi connectivity index (χ0) is 9.28. The first-order valence-electron chi connectivity index (χ1n) is 4.55. The fraction of sp³-hybridized carbons (Fsp3) is 1.00. The third-order valence-corrected chi connectivity index (χ3v) is 5.06. The van der Waals surface area contributed by atoms with E-state index in [1.165, 1.54) is 6.04 Å². The smallest absolute Gasteiger partial charge is 0.00869 e. The molecule has 0 amide bonds. The molecule has 0 fully saturated rings. The van der Waals surface area contributed by atoms with Crippen molar-refractivity contribution in [3.05, 3.63) is 0 Å². The van der Waals surface area contributed by atoms with Crippen molar-refractivity contribution in [3.63, 3.8) is 0 Å². The second-order valence-corrected chi connectivity index (χ2v) is 5.51. The highest BCUT2D eigenvalue weighted by Crippen LogP contribution is 2.46. The second-order valence-electron chi connectivity index (χ2n) is 5.01. The Hall–Kier alpha value is 0.217. The van der Waals surface area contributed by atoms with E-state index in [1.807, 2.05) is 0 Å². The molecule has 0 saturated heterocycles. The Balaban J connectivity index is 4.53. The van der Waals surface area contributed by atoms with Gasteiger partial charge in [-0.2, -0.15) is 0 Å². The average Bonchev–Trinajstić information content (AvgIpc) is 1.87. The van der Waals surface area contributed by atoms with Gasteiger partial charge in [0.05, 0.1) is 0 Å². The zero-order valence-electron chi connectivity index (χ0n) is 8.99. The van der Waals surface area contributed by atoms with Gasteiger partial charge >= 0.3 is 0 Å². The topological polar surface area (TPSA) is 0 Å². The van der Waals surface area contributed by atoms with Crippen molar-refractivity contribution in [2.75, 3.05) is 0 Å². The maximum absolute atomic E-state index is 2.38. The van der Waals surface area contributed by atoms with Gasteiger partial charge in [-0.05, 0) is 16.7 Å². The number of hydrogen-bond donors (Lipinski definition) is 0. The molecule has 0 spiro atoms. The molecule has 0 nitrogen and oxygen atoms in total. The molecular weight excluding hydrogens is 148 g/mol. The Morgan fingerprint density at radius 3 is 1.55 bits per heavy atom. The lowest BCUT2D eigenvalue weighted by atomic mass is 9.63. The van der Waals surface area contributed by atoms with Gasteiger partial charge in [-0.3, -0.25) is 0 Å². The average molecular weight is 171 g/mol. The van der Waals surface area contributed by atoms with Gasteiger partial charge in [-0.1, -0.05) is 47.6 Å². The van der Waals surface area contributed by atoms with Crippen molar-refractivity contribution in [1.82, 2.24) is 0 Å². The largest absolute Gasteiger partial charge is 0.0622 e. The summed E-state index contributed by atoms with van der Waals surface area (Å²) in [5, 5.41) is 0. The Labute approximate surface area is 75.2 Å². The fourth-order valence-corrected chi connectivity index (χ4v) is 1.75. The third kappa shape index (κ3) is 2.08. The van der Waals surface area contributed by atoms with Crippen molar-refractivity contribution in [1.29, 1.82) is 0 Å². The van der Waals surface area contributed by atoms with E-state index in [2.05, 4.69) is 51.8 Å². The van der Waals surface area contributed by atoms with Gasteiger partial charge in [-0.25, -0.2) is 0 Å². The minimum Gasteiger partial charge on any atom is -0.0622 e. The van der Waals surface area contributed by atoms with Gasteiger partial charge in [0.15, 0.2) is 0 Å². The van der Waals surface area contributed by atoms with Gasteiger partial charge in [0.2, 0.25) is 0 Å². The summed E-state index contributed by atoms with van der Waals surface area (Å²) in [7, 11) is 2.09. The first-order valence-corrected chi connectivity index (χ1v) is 5.55. The standard InChI is InChI=1S/C10H23Si/c1-8(2)10(5,6)9(3,4)7-11/h8H,7,11H2,1-6H3. The summed E-state index contributed by atoms with van der Waals surface area (Å²) >= 11 is 0. The predicted octanol–water partition coefficient (Wildman–Crippen LogP) is 2.75. The Morgan fingerprint density at radius 1 is 1.09 bits per heavy atom. The summed E-state index contributed by atoms with van der Waals surface area (Å²) in [6.07, 6.45) is 0. The van der Waals surface area contributed by atoms with Crippen molar-refractivity contribution in [2.24, 2.45) is 16.7 Å². The van der Waals surface area contributed by atoms with Gasteiger partial charge in [-0.15, -0.1) is 0 Å². The zero-order valence-corrected chi connectivity index (χ0v) is 10.4. The van der Waals surface area contributed by atoms with Crippen LogP contribution < -0.4 is 0 Å². The van der Waals surface area contributed by atoms with Crippen LogP contribution in [0.2, 0.25) is 6.04 Å². The van der Waals surface area contributed by atoms with Crippen molar-refractivity contribution < 1.29 is 0 Å². The van der Waals surface area contributed by atoms with Crippen LogP contribution in [0, 0.1) is 16.7 Å². The summed E-state index contributed by atoms with van der Waals surface area (Å²) in [6.45, 7) is 14.2. The summed E-state index contributed by atoms with van der Waals surface area (Å²) in [5.74, 6) is 0.766. The van der Waals surface area contributed by atoms with Crippen LogP contribution in [0.25, 0.3) is 0 Å². The first-order chi connectivity index (χ1) is 4.75. The van der Waals surface area contributed by atoms with E-state index >= 15 is 0 Å². The number of hydrogen-bond acceptors (Lipinski definition) is 0. The van der Waals surface area contributed by atoms with E-state index in [0.29, 0.717) is 10.8 Å². The maximum Gasteiger partial charge on any atom is 0.00869 e. The van der Waals surface area contributed by atoms with Crippen LogP contribution >= 0.6 is 0 Å². The Kier molecular flexibility index (Phi) is 3.37. The maximum atomic E-state index is 2.38. The third-order valence-electron chi connectivity index (χ3n) is 3.81. The molecule has 0 heterocycles. The molecule has 0 aromatic heterocycles. The Morgan fingerprint density at radius 2 is 1.45 bits per heavy atom. The SMILES string of the molecule is CC(C)C(C)(C)C(C)(C)C[SiH2]. The molecule has 0 unspecified atom stereocenters. The van der Waals surface area contributed by atoms with Gasteiger partial charge in [0, 0.05) is 10.2 Å². The number of rotatable bonds is 3. The molecule has 0 aromatic carbocycles. The fourth-order valence-electron chi connectivity index (χ4n) is 1.10. The monoisotopic (exact) mass is 171 g/mol. The van der Waals surface area contributed by atoms with Gasteiger partial charge in [0.25, 0.3) is 0 Å². The minimum atomic E-state index is 0.453. The highest BCUT2D eigenvalue weighted by Gasteiger charge is 2.37. The lowest BCUT2D eigenvalue weighted by Gasteiger charge is -2.44. The molecule has 0 aliphatic carbocycles. The van der Waals surface area contributed by atoms with Crippen molar-refractivity contribution in [2.45, 2.75) is 47.6 Å². The predicted molar refractivity (Wildman–Crippen MR) is 55.8 cm³/mol. The molecular formula is C10H23Si. The molecule has 0 saturated carbocycles. The van der Waals surface area contributed by atoms with Crippen LogP contribution in [-0.2, 0) is 0 Å². The highest BCUT2D eigenvalue weighted by molar-refractivity contribution is 6.09. The van der Waals surface area contributed by atoms with Crippen LogP contribution in [0.5, 0.6) is 0 Å². The molecule has 67 valence electrons. The molecule has 0 rings (SSSR count). The van der Waals surface area contributed by atoms with Gasteiger partial charge in [0.1, 0.15) is 0 Å². The quantitative estimate of drug-likeness (QED) is 0.573. The van der Waals surface area contributed by atoms with E-state index in [1.54, 1.807) is 0 Å². The lowest BCUT2D eigenvalue weighted by Crippen LogP contribution is -2.36. The second kappa shape index (κ2) is 3.30. The van der Waals surface area contributed by atoms with E-state index in [4.69, 9.17) is 0 Å². The van der Waals surface area contributed by atoms with E-state index < -0.39 is 0 Å². The van der Waals surface area contributed by atoms with Crippen molar-refractivity contribution in [3.8, 4) is 0 Å². The molecule has 0 atom stereocenters. The van der Waals surface area contributed by atoms with Crippen LogP contribution in [0.1, 0.15) is 41.5 Å². The van der Waals surface area contributed by atoms with Crippen LogP contribution in [0.15, 0.2) is 0 Å². The van der Waals surface area contributed by atoms with Crippen molar-refractivity contribution >= 4 is 10.2 Å². The normalized spacial score (nSPS) is 14.2. The molecule has 0 aliphatic rings. The van der Waals surface area contributed by atoms with E-state index in [0.717, 1.165) is 5.92 Å². The van der Waals surface area contributed by atoms with E-state index in [-0.39, 0.29) is 0 Å². The van der Waals surface area contributed by atoms with Crippen LogP contribution in [-0.4, -0.2) is 10.2 Å². The first kappa shape index (κ1) is 11.2. The molecule has 11 heavy (non-hydrogen) atoms. The molecule has 0 aliphatic heterocycles. The molecule has 0 aromatic rings. The summed E-state index contributed by atoms with van der Waals surface area (Å²) in [5.41, 5.74) is 0.925. The van der Waals surface area contributed by atoms with Crippen LogP contribution in [0.3, 0.4) is 0 Å². The Bertz CT molecular complexity index is 123. The summed E-state index contributed by atoms with van der Waals surface area (Å²) < 4.78 is 0. The molecule has 1 heteroatoms. The molecule has 0 bridgehead atoms. The molecule has 0 N–H and O–H groups in total. The summed E-state index contributed by atoms with van der Waals surface area (Å²) in [6, 6.07) is 1.29. The summed E-state index contributed by atoms with van der Waals surface area (Å²) in [4.78, 5) is 0. The molecule has 1 radical (unpaired) electrons. The van der Waals surface area contributed by atoms with Gasteiger partial charge < -0.3 is 0 Å². The van der Waals surface area contributed by atoms with E-state index in [9.17, 15) is 0 Å². The van der Waals surface area contributed by atoms with Crippen LogP contribution in [0.4, 0.5) is 0 Å².